The molecule has 0 spiro atoms. The summed E-state index contributed by atoms with van der Waals surface area (Å²) in [6, 6.07) is 9.09. The molecule has 0 saturated heterocycles. The number of esters is 1. The van der Waals surface area contributed by atoms with Crippen LogP contribution in [0.25, 0.3) is 0 Å². The zero-order valence-electron chi connectivity index (χ0n) is 14.7. The lowest BCUT2D eigenvalue weighted by Gasteiger charge is -2.12. The maximum atomic E-state index is 13.1. The van der Waals surface area contributed by atoms with E-state index in [0.29, 0.717) is 17.9 Å². The normalized spacial score (nSPS) is 11.2. The van der Waals surface area contributed by atoms with E-state index in [9.17, 15) is 17.6 Å². The summed E-state index contributed by atoms with van der Waals surface area (Å²) < 4.78 is 49.3. The minimum Gasteiger partial charge on any atom is -0.494 e. The van der Waals surface area contributed by atoms with Crippen molar-refractivity contribution in [2.24, 2.45) is 0 Å². The first-order valence-corrected chi connectivity index (χ1v) is 9.72. The molecule has 0 aromatic heterocycles. The van der Waals surface area contributed by atoms with Crippen LogP contribution in [0.15, 0.2) is 52.3 Å². The summed E-state index contributed by atoms with van der Waals surface area (Å²) in [5.41, 5.74) is 0.495. The van der Waals surface area contributed by atoms with Crippen molar-refractivity contribution in [1.29, 1.82) is 0 Å². The highest BCUT2D eigenvalue weighted by molar-refractivity contribution is 7.91. The second-order valence-electron chi connectivity index (χ2n) is 5.75. The molecular weight excluding hydrogens is 359 g/mol. The third kappa shape index (κ3) is 5.29. The highest BCUT2D eigenvalue weighted by Gasteiger charge is 2.20. The largest absolute Gasteiger partial charge is 0.494 e. The SMILES string of the molecule is CCCCOc1cc(COC(C)=O)cc(S(=O)(=O)c2ccc(F)cc2)c1. The van der Waals surface area contributed by atoms with Crippen molar-refractivity contribution >= 4 is 15.8 Å². The molecular formula is C19H21FO5S. The molecule has 0 radical (unpaired) electrons. The van der Waals surface area contributed by atoms with Crippen molar-refractivity contribution in [3.05, 3.63) is 53.8 Å². The van der Waals surface area contributed by atoms with E-state index in [4.69, 9.17) is 9.47 Å². The first-order valence-electron chi connectivity index (χ1n) is 8.23. The van der Waals surface area contributed by atoms with E-state index in [-0.39, 0.29) is 16.4 Å². The zero-order chi connectivity index (χ0) is 19.2. The van der Waals surface area contributed by atoms with Crippen LogP contribution in [0.5, 0.6) is 5.75 Å². The molecule has 0 unspecified atom stereocenters. The van der Waals surface area contributed by atoms with Crippen molar-refractivity contribution in [1.82, 2.24) is 0 Å². The third-order valence-corrected chi connectivity index (χ3v) is 5.33. The van der Waals surface area contributed by atoms with Crippen LogP contribution in [0.2, 0.25) is 0 Å². The lowest BCUT2D eigenvalue weighted by atomic mass is 10.2. The van der Waals surface area contributed by atoms with Crippen molar-refractivity contribution in [2.75, 3.05) is 6.61 Å². The molecule has 0 amide bonds. The summed E-state index contributed by atoms with van der Waals surface area (Å²) in [5, 5.41) is 0. The van der Waals surface area contributed by atoms with Crippen molar-refractivity contribution in [3.63, 3.8) is 0 Å². The van der Waals surface area contributed by atoms with E-state index < -0.39 is 21.6 Å². The van der Waals surface area contributed by atoms with E-state index in [1.165, 1.54) is 31.2 Å². The van der Waals surface area contributed by atoms with Gasteiger partial charge in [0.1, 0.15) is 18.2 Å². The molecule has 0 bridgehead atoms. The Morgan fingerprint density at radius 1 is 1.08 bits per heavy atom. The lowest BCUT2D eigenvalue weighted by Crippen LogP contribution is -2.06. The van der Waals surface area contributed by atoms with Gasteiger partial charge in [-0.25, -0.2) is 12.8 Å². The second-order valence-corrected chi connectivity index (χ2v) is 7.70. The molecule has 0 atom stereocenters. The molecule has 0 fully saturated rings. The monoisotopic (exact) mass is 380 g/mol. The molecule has 0 aliphatic rings. The summed E-state index contributed by atoms with van der Waals surface area (Å²) >= 11 is 0. The third-order valence-electron chi connectivity index (χ3n) is 3.58. The number of unbranched alkanes of at least 4 members (excludes halogenated alkanes) is 1. The van der Waals surface area contributed by atoms with E-state index in [0.717, 1.165) is 25.0 Å². The van der Waals surface area contributed by atoms with Crippen LogP contribution in [-0.4, -0.2) is 21.0 Å². The van der Waals surface area contributed by atoms with Gasteiger partial charge in [0.05, 0.1) is 16.4 Å². The highest BCUT2D eigenvalue weighted by atomic mass is 32.2. The molecule has 5 nitrogen and oxygen atoms in total. The number of carbonyl (C=O) groups is 1. The summed E-state index contributed by atoms with van der Waals surface area (Å²) in [4.78, 5) is 11.0. The van der Waals surface area contributed by atoms with Gasteiger partial charge in [0.2, 0.25) is 9.84 Å². The zero-order valence-corrected chi connectivity index (χ0v) is 15.5. The smallest absolute Gasteiger partial charge is 0.302 e. The van der Waals surface area contributed by atoms with Crippen LogP contribution in [0.1, 0.15) is 32.3 Å². The number of hydrogen-bond donors (Lipinski definition) is 0. The maximum absolute atomic E-state index is 13.1. The Morgan fingerprint density at radius 2 is 1.77 bits per heavy atom. The minimum atomic E-state index is -3.86. The van der Waals surface area contributed by atoms with Gasteiger partial charge in [0.15, 0.2) is 0 Å². The predicted molar refractivity (Wildman–Crippen MR) is 94.2 cm³/mol. The first-order chi connectivity index (χ1) is 12.3. The van der Waals surface area contributed by atoms with Gasteiger partial charge in [-0.2, -0.15) is 0 Å². The predicted octanol–water partition coefficient (Wildman–Crippen LogP) is 3.90. The number of carbonyl (C=O) groups excluding carboxylic acids is 1. The van der Waals surface area contributed by atoms with Gasteiger partial charge in [0.25, 0.3) is 0 Å². The number of ether oxygens (including phenoxy) is 2. The lowest BCUT2D eigenvalue weighted by molar-refractivity contribution is -0.142. The van der Waals surface area contributed by atoms with Crippen LogP contribution in [-0.2, 0) is 26.0 Å². The fourth-order valence-corrected chi connectivity index (χ4v) is 3.57. The van der Waals surface area contributed by atoms with E-state index in [1.807, 2.05) is 6.92 Å². The van der Waals surface area contributed by atoms with Gasteiger partial charge in [-0.1, -0.05) is 13.3 Å². The Bertz CT molecular complexity index is 860. The Balaban J connectivity index is 2.40. The fourth-order valence-electron chi connectivity index (χ4n) is 2.22. The Labute approximate surface area is 152 Å². The van der Waals surface area contributed by atoms with Crippen LogP contribution < -0.4 is 4.74 Å². The Hall–Kier alpha value is -2.41. The van der Waals surface area contributed by atoms with Gasteiger partial charge >= 0.3 is 5.97 Å². The summed E-state index contributed by atoms with van der Waals surface area (Å²) in [6.45, 7) is 3.68. The van der Waals surface area contributed by atoms with Gasteiger partial charge in [-0.05, 0) is 54.4 Å². The molecule has 0 N–H and O–H groups in total. The molecule has 7 heteroatoms. The number of hydrogen-bond acceptors (Lipinski definition) is 5. The molecule has 2 aromatic rings. The molecule has 26 heavy (non-hydrogen) atoms. The summed E-state index contributed by atoms with van der Waals surface area (Å²) in [7, 11) is -3.86. The Kier molecular flexibility index (Phi) is 6.74. The number of halogens is 1. The minimum absolute atomic E-state index is 0.000240. The van der Waals surface area contributed by atoms with E-state index in [1.54, 1.807) is 6.07 Å². The van der Waals surface area contributed by atoms with Crippen LogP contribution in [0.3, 0.4) is 0 Å². The van der Waals surface area contributed by atoms with Gasteiger partial charge in [-0.3, -0.25) is 4.79 Å². The van der Waals surface area contributed by atoms with Crippen LogP contribution in [0.4, 0.5) is 4.39 Å². The van der Waals surface area contributed by atoms with Gasteiger partial charge < -0.3 is 9.47 Å². The van der Waals surface area contributed by atoms with Crippen molar-refractivity contribution in [3.8, 4) is 5.75 Å². The maximum Gasteiger partial charge on any atom is 0.302 e. The highest BCUT2D eigenvalue weighted by Crippen LogP contribution is 2.27. The van der Waals surface area contributed by atoms with Crippen LogP contribution >= 0.6 is 0 Å². The molecule has 0 aliphatic carbocycles. The average molecular weight is 380 g/mol. The van der Waals surface area contributed by atoms with Crippen LogP contribution in [0, 0.1) is 5.82 Å². The average Bonchev–Trinajstić information content (AvgIpc) is 2.60. The van der Waals surface area contributed by atoms with E-state index in [2.05, 4.69) is 0 Å². The fraction of sp³-hybridized carbons (Fsp3) is 0.316. The molecule has 140 valence electrons. The van der Waals surface area contributed by atoms with Gasteiger partial charge in [-0.15, -0.1) is 0 Å². The van der Waals surface area contributed by atoms with Gasteiger partial charge in [0, 0.05) is 6.92 Å². The first kappa shape index (κ1) is 19.9. The number of benzene rings is 2. The second kappa shape index (κ2) is 8.80. The number of sulfone groups is 1. The standard InChI is InChI=1S/C19H21FO5S/c1-3-4-9-24-17-10-15(13-25-14(2)21)11-19(12-17)26(22,23)18-7-5-16(20)6-8-18/h5-8,10-12H,3-4,9,13H2,1-2H3. The molecule has 2 rings (SSSR count). The summed E-state index contributed by atoms with van der Waals surface area (Å²) in [6.07, 6.45) is 1.77. The van der Waals surface area contributed by atoms with Crippen molar-refractivity contribution < 1.29 is 27.1 Å². The topological polar surface area (TPSA) is 69.7 Å². The van der Waals surface area contributed by atoms with Crippen molar-refractivity contribution in [2.45, 2.75) is 43.1 Å². The van der Waals surface area contributed by atoms with E-state index >= 15 is 0 Å². The molecule has 2 aromatic carbocycles. The molecule has 0 saturated carbocycles. The summed E-state index contributed by atoms with van der Waals surface area (Å²) in [5.74, 6) is -0.606. The Morgan fingerprint density at radius 3 is 2.38 bits per heavy atom. The quantitative estimate of drug-likeness (QED) is 0.395. The molecule has 0 aliphatic heterocycles. The molecule has 0 heterocycles. The number of rotatable bonds is 8.